The molecule has 6 nitrogen and oxygen atoms in total. The smallest absolute Gasteiger partial charge is 0.309 e. The zero-order chi connectivity index (χ0) is 24.2. The Morgan fingerprint density at radius 1 is 1.18 bits per heavy atom. The molecule has 0 aliphatic heterocycles. The molecule has 1 aromatic rings. The molecular weight excluding hydrogens is 440 g/mol. The van der Waals surface area contributed by atoms with E-state index in [9.17, 15) is 14.7 Å². The van der Waals surface area contributed by atoms with E-state index in [1.54, 1.807) is 18.2 Å². The maximum absolute atomic E-state index is 13.4. The molecule has 2 N–H and O–H groups in total. The molecule has 4 rings (SSSR count). The van der Waals surface area contributed by atoms with Gasteiger partial charge in [0.25, 0.3) is 0 Å². The van der Waals surface area contributed by atoms with Crippen LogP contribution in [0.5, 0.6) is 5.75 Å². The van der Waals surface area contributed by atoms with Gasteiger partial charge >= 0.3 is 5.97 Å². The number of hydrogen-bond donors (Lipinski definition) is 2. The summed E-state index contributed by atoms with van der Waals surface area (Å²) in [6.45, 7) is 8.37. The Hall–Kier alpha value is -2.26. The minimum Gasteiger partial charge on any atom is -0.489 e. The lowest BCUT2D eigenvalue weighted by Crippen LogP contribution is -2.75. The fourth-order valence-electron chi connectivity index (χ4n) is 7.14. The van der Waals surface area contributed by atoms with E-state index in [-0.39, 0.29) is 40.7 Å². The summed E-state index contributed by atoms with van der Waals surface area (Å²) in [6.07, 6.45) is 4.22. The van der Waals surface area contributed by atoms with Crippen LogP contribution in [0.2, 0.25) is 5.02 Å². The van der Waals surface area contributed by atoms with Gasteiger partial charge in [-0.25, -0.2) is 0 Å². The molecule has 1 aromatic carbocycles. The molecule has 0 aromatic heterocycles. The van der Waals surface area contributed by atoms with Gasteiger partial charge in [-0.05, 0) is 50.2 Å². The summed E-state index contributed by atoms with van der Waals surface area (Å²) >= 11 is 6.18. The monoisotopic (exact) mass is 472 g/mol. The second kappa shape index (κ2) is 8.20. The van der Waals surface area contributed by atoms with Crippen LogP contribution in [-0.2, 0) is 9.59 Å². The number of rotatable bonds is 5. The van der Waals surface area contributed by atoms with E-state index < -0.39 is 11.4 Å². The number of ether oxygens (including phenoxy) is 1. The Morgan fingerprint density at radius 2 is 1.88 bits per heavy atom. The van der Waals surface area contributed by atoms with Crippen molar-refractivity contribution in [2.45, 2.75) is 78.4 Å². The molecule has 3 aliphatic carbocycles. The Kier molecular flexibility index (Phi) is 5.93. The molecule has 3 atom stereocenters. The number of carbonyl (C=O) groups excluding carboxylic acids is 1. The average molecular weight is 473 g/mol. The van der Waals surface area contributed by atoms with Crippen molar-refractivity contribution in [3.8, 4) is 11.8 Å². The fourth-order valence-corrected chi connectivity index (χ4v) is 7.35. The Labute approximate surface area is 200 Å². The molecule has 0 saturated heterocycles. The van der Waals surface area contributed by atoms with Crippen LogP contribution in [0.3, 0.4) is 0 Å². The van der Waals surface area contributed by atoms with E-state index in [2.05, 4.69) is 39.1 Å². The van der Waals surface area contributed by atoms with Crippen LogP contribution in [0, 0.1) is 39.4 Å². The third-order valence-corrected chi connectivity index (χ3v) is 8.93. The van der Waals surface area contributed by atoms with Gasteiger partial charge in [-0.3, -0.25) is 9.59 Å². The van der Waals surface area contributed by atoms with Gasteiger partial charge in [-0.1, -0.05) is 45.7 Å². The summed E-state index contributed by atoms with van der Waals surface area (Å²) in [5.41, 5.74) is -0.851. The summed E-state index contributed by atoms with van der Waals surface area (Å²) in [4.78, 5) is 25.3. The van der Waals surface area contributed by atoms with Gasteiger partial charge in [-0.2, -0.15) is 5.26 Å². The van der Waals surface area contributed by atoms with Crippen LogP contribution in [0.1, 0.15) is 71.8 Å². The predicted octanol–water partition coefficient (Wildman–Crippen LogP) is 5.18. The van der Waals surface area contributed by atoms with E-state index >= 15 is 0 Å². The van der Waals surface area contributed by atoms with Crippen LogP contribution < -0.4 is 10.1 Å². The second-order valence-electron chi connectivity index (χ2n) is 11.4. The number of carboxylic acid groups (broad SMARTS) is 1. The van der Waals surface area contributed by atoms with E-state index in [4.69, 9.17) is 21.6 Å². The fraction of sp³-hybridized carbons (Fsp3) is 0.654. The number of aliphatic carboxylic acids is 1. The van der Waals surface area contributed by atoms with Gasteiger partial charge in [0, 0.05) is 28.9 Å². The van der Waals surface area contributed by atoms with Gasteiger partial charge < -0.3 is 15.2 Å². The van der Waals surface area contributed by atoms with Crippen molar-refractivity contribution in [2.75, 3.05) is 0 Å². The molecule has 3 fully saturated rings. The molecule has 0 heterocycles. The van der Waals surface area contributed by atoms with E-state index in [1.807, 2.05) is 0 Å². The molecule has 178 valence electrons. The van der Waals surface area contributed by atoms with Crippen molar-refractivity contribution in [1.82, 2.24) is 5.32 Å². The van der Waals surface area contributed by atoms with E-state index in [0.717, 1.165) is 19.3 Å². The van der Waals surface area contributed by atoms with Crippen molar-refractivity contribution in [2.24, 2.45) is 28.1 Å². The SMILES string of the molecule is CC1(C)C(NC(=O)C2CCC3(C(=O)O)CCCC2C3)C(C)(C)C1Oc1ccc(C#N)c(Cl)c1. The number of nitrogens with one attached hydrogen (secondary N) is 1. The zero-order valence-electron chi connectivity index (χ0n) is 19.8. The zero-order valence-corrected chi connectivity index (χ0v) is 20.5. The summed E-state index contributed by atoms with van der Waals surface area (Å²) < 4.78 is 6.31. The van der Waals surface area contributed by atoms with Crippen molar-refractivity contribution in [3.63, 3.8) is 0 Å². The van der Waals surface area contributed by atoms with Gasteiger partial charge in [-0.15, -0.1) is 0 Å². The normalized spacial score (nSPS) is 33.8. The molecule has 3 saturated carbocycles. The van der Waals surface area contributed by atoms with Gasteiger partial charge in [0.2, 0.25) is 5.91 Å². The number of amides is 1. The number of halogens is 1. The van der Waals surface area contributed by atoms with Gasteiger partial charge in [0.1, 0.15) is 17.9 Å². The standard InChI is InChI=1S/C26H33ClN2O4/c1-24(2)21(25(3,4)22(24)33-17-8-7-16(14-28)19(27)12-17)29-20(30)18-9-11-26(23(31)32)10-5-6-15(18)13-26/h7-8,12,15,18,21-22H,5-6,9-11,13H2,1-4H3,(H,29,30)(H,31,32). The summed E-state index contributed by atoms with van der Waals surface area (Å²) in [5, 5.41) is 22.5. The van der Waals surface area contributed by atoms with E-state index in [0.29, 0.717) is 35.6 Å². The largest absolute Gasteiger partial charge is 0.489 e. The summed E-state index contributed by atoms with van der Waals surface area (Å²) in [6, 6.07) is 7.04. The number of hydrogen-bond acceptors (Lipinski definition) is 4. The first kappa shape index (κ1) is 23.9. The Balaban J connectivity index is 1.45. The highest BCUT2D eigenvalue weighted by atomic mass is 35.5. The number of carbonyl (C=O) groups is 2. The lowest BCUT2D eigenvalue weighted by molar-refractivity contribution is -0.177. The minimum absolute atomic E-state index is 0.0481. The van der Waals surface area contributed by atoms with Crippen molar-refractivity contribution < 1.29 is 19.4 Å². The second-order valence-corrected chi connectivity index (χ2v) is 11.8. The van der Waals surface area contributed by atoms with Crippen molar-refractivity contribution >= 4 is 23.5 Å². The number of carboxylic acids is 1. The summed E-state index contributed by atoms with van der Waals surface area (Å²) in [5.74, 6) is -0.0269. The number of nitrogens with zero attached hydrogens (tertiary/aromatic N) is 1. The first-order valence-electron chi connectivity index (χ1n) is 11.8. The minimum atomic E-state index is -0.699. The highest BCUT2D eigenvalue weighted by Crippen LogP contribution is 2.56. The topological polar surface area (TPSA) is 99.4 Å². The quantitative estimate of drug-likeness (QED) is 0.614. The molecule has 0 spiro atoms. The number of fused-ring (bicyclic) bond motifs is 2. The first-order chi connectivity index (χ1) is 15.4. The maximum Gasteiger partial charge on any atom is 0.309 e. The molecule has 3 aliphatic rings. The van der Waals surface area contributed by atoms with Crippen molar-refractivity contribution in [3.05, 3.63) is 28.8 Å². The van der Waals surface area contributed by atoms with Crippen LogP contribution in [0.25, 0.3) is 0 Å². The molecular formula is C26H33ClN2O4. The van der Waals surface area contributed by atoms with Crippen LogP contribution >= 0.6 is 11.6 Å². The molecule has 3 unspecified atom stereocenters. The number of benzene rings is 1. The van der Waals surface area contributed by atoms with E-state index in [1.165, 1.54) is 0 Å². The van der Waals surface area contributed by atoms with Crippen LogP contribution in [0.15, 0.2) is 18.2 Å². The molecule has 33 heavy (non-hydrogen) atoms. The van der Waals surface area contributed by atoms with Crippen molar-refractivity contribution in [1.29, 1.82) is 5.26 Å². The molecule has 0 radical (unpaired) electrons. The van der Waals surface area contributed by atoms with Gasteiger partial charge in [0.05, 0.1) is 16.0 Å². The predicted molar refractivity (Wildman–Crippen MR) is 125 cm³/mol. The maximum atomic E-state index is 13.4. The van der Waals surface area contributed by atoms with Gasteiger partial charge in [0.15, 0.2) is 0 Å². The molecule has 1 amide bonds. The molecule has 2 bridgehead atoms. The van der Waals surface area contributed by atoms with Crippen LogP contribution in [-0.4, -0.2) is 29.1 Å². The summed E-state index contributed by atoms with van der Waals surface area (Å²) in [7, 11) is 0. The highest BCUT2D eigenvalue weighted by Gasteiger charge is 2.64. The third kappa shape index (κ3) is 3.89. The average Bonchev–Trinajstić information content (AvgIpc) is 2.75. The highest BCUT2D eigenvalue weighted by molar-refractivity contribution is 6.31. The third-order valence-electron chi connectivity index (χ3n) is 8.62. The number of nitriles is 1. The molecule has 7 heteroatoms. The Bertz CT molecular complexity index is 998. The Morgan fingerprint density at radius 3 is 2.48 bits per heavy atom. The first-order valence-corrected chi connectivity index (χ1v) is 12.2. The van der Waals surface area contributed by atoms with Crippen LogP contribution in [0.4, 0.5) is 0 Å². The lowest BCUT2D eigenvalue weighted by atomic mass is 9.49. The lowest BCUT2D eigenvalue weighted by Gasteiger charge is -2.63.